The number of imidazole rings is 1. The summed E-state index contributed by atoms with van der Waals surface area (Å²) in [5.41, 5.74) is 6.82. The molecular weight excluding hydrogens is 418 g/mol. The van der Waals surface area contributed by atoms with Crippen molar-refractivity contribution in [2.75, 3.05) is 26.2 Å². The third kappa shape index (κ3) is 5.42. The van der Waals surface area contributed by atoms with Gasteiger partial charge in [0.1, 0.15) is 11.3 Å². The zero-order chi connectivity index (χ0) is 24.2. The van der Waals surface area contributed by atoms with E-state index in [1.165, 1.54) is 36.2 Å². The summed E-state index contributed by atoms with van der Waals surface area (Å²) in [6.45, 7) is 18.6. The maximum absolute atomic E-state index is 4.88. The summed E-state index contributed by atoms with van der Waals surface area (Å²) < 4.78 is 2.28. The van der Waals surface area contributed by atoms with Crippen LogP contribution in [0.1, 0.15) is 62.3 Å². The molecule has 1 aliphatic rings. The van der Waals surface area contributed by atoms with E-state index in [2.05, 4.69) is 98.4 Å². The molecule has 0 amide bonds. The van der Waals surface area contributed by atoms with Crippen LogP contribution >= 0.6 is 0 Å². The van der Waals surface area contributed by atoms with Crippen LogP contribution < -0.4 is 0 Å². The van der Waals surface area contributed by atoms with Crippen molar-refractivity contribution < 1.29 is 0 Å². The highest BCUT2D eigenvalue weighted by Gasteiger charge is 2.26. The Bertz CT molecular complexity index is 1130. The minimum absolute atomic E-state index is 0.638. The number of nitrogens with zero attached hydrogens (tertiary/aromatic N) is 5. The highest BCUT2D eigenvalue weighted by molar-refractivity contribution is 5.76. The molecule has 0 N–H and O–H groups in total. The molecule has 1 aromatic carbocycles. The van der Waals surface area contributed by atoms with E-state index in [0.717, 1.165) is 48.7 Å². The van der Waals surface area contributed by atoms with Gasteiger partial charge in [-0.25, -0.2) is 9.97 Å². The summed E-state index contributed by atoms with van der Waals surface area (Å²) >= 11 is 0. The van der Waals surface area contributed by atoms with E-state index >= 15 is 0 Å². The molecule has 5 heteroatoms. The fourth-order valence-electron chi connectivity index (χ4n) is 5.28. The predicted molar refractivity (Wildman–Crippen MR) is 143 cm³/mol. The summed E-state index contributed by atoms with van der Waals surface area (Å²) in [5.74, 6) is 1.10. The first kappa shape index (κ1) is 24.6. The van der Waals surface area contributed by atoms with Crippen molar-refractivity contribution in [1.82, 2.24) is 24.3 Å². The van der Waals surface area contributed by atoms with Gasteiger partial charge in [-0.1, -0.05) is 50.3 Å². The van der Waals surface area contributed by atoms with Crippen molar-refractivity contribution in [2.45, 2.75) is 73.0 Å². The molecule has 0 radical (unpaired) electrons. The molecule has 34 heavy (non-hydrogen) atoms. The maximum atomic E-state index is 4.88. The number of aryl methyl sites for hydroxylation is 3. The Kier molecular flexibility index (Phi) is 7.84. The lowest BCUT2D eigenvalue weighted by Gasteiger charge is -2.43. The molecule has 0 aliphatic carbocycles. The highest BCUT2D eigenvalue weighted by Crippen LogP contribution is 2.21. The summed E-state index contributed by atoms with van der Waals surface area (Å²) in [4.78, 5) is 14.9. The molecule has 3 heterocycles. The second kappa shape index (κ2) is 10.8. The van der Waals surface area contributed by atoms with Gasteiger partial charge in [0, 0.05) is 50.4 Å². The topological polar surface area (TPSA) is 37.2 Å². The Morgan fingerprint density at radius 3 is 2.50 bits per heavy atom. The fourth-order valence-corrected chi connectivity index (χ4v) is 5.28. The molecule has 182 valence electrons. The number of fused-ring (bicyclic) bond motifs is 1. The Balaban J connectivity index is 1.40. The second-order valence-corrected chi connectivity index (χ2v) is 10.0. The smallest absolute Gasteiger partial charge is 0.160 e. The Hall–Kier alpha value is -2.50. The monoisotopic (exact) mass is 459 g/mol. The molecular formula is C29H41N5. The quantitative estimate of drug-likeness (QED) is 0.447. The first-order chi connectivity index (χ1) is 16.4. The van der Waals surface area contributed by atoms with E-state index in [1.807, 2.05) is 0 Å². The molecule has 1 fully saturated rings. The summed E-state index contributed by atoms with van der Waals surface area (Å²) in [6.07, 6.45) is 6.71. The first-order valence-corrected chi connectivity index (χ1v) is 13.0. The molecule has 4 rings (SSSR count). The lowest BCUT2D eigenvalue weighted by molar-refractivity contribution is 0.0553. The summed E-state index contributed by atoms with van der Waals surface area (Å²) in [7, 11) is 0. The first-order valence-electron chi connectivity index (χ1n) is 13.0. The average Bonchev–Trinajstić information content (AvgIpc) is 3.17. The molecule has 1 atom stereocenters. The summed E-state index contributed by atoms with van der Waals surface area (Å²) in [6, 6.07) is 12.4. The third-order valence-electron chi connectivity index (χ3n) is 7.16. The van der Waals surface area contributed by atoms with Crippen LogP contribution in [0.5, 0.6) is 0 Å². The van der Waals surface area contributed by atoms with Crippen molar-refractivity contribution in [1.29, 1.82) is 0 Å². The van der Waals surface area contributed by atoms with E-state index in [-0.39, 0.29) is 0 Å². The fraction of sp³-hybridized carbons (Fsp3) is 0.517. The minimum atomic E-state index is 0.638. The number of hydrogen-bond acceptors (Lipinski definition) is 4. The van der Waals surface area contributed by atoms with Gasteiger partial charge in [-0.2, -0.15) is 0 Å². The van der Waals surface area contributed by atoms with Crippen LogP contribution in [0.4, 0.5) is 0 Å². The van der Waals surface area contributed by atoms with Gasteiger partial charge >= 0.3 is 0 Å². The number of benzene rings is 1. The van der Waals surface area contributed by atoms with Crippen LogP contribution in [-0.2, 0) is 13.0 Å². The van der Waals surface area contributed by atoms with E-state index in [1.54, 1.807) is 0 Å². The predicted octanol–water partition coefficient (Wildman–Crippen LogP) is 5.48. The van der Waals surface area contributed by atoms with Crippen LogP contribution in [0.3, 0.4) is 0 Å². The SMILES string of the molecule is CCc1nc2c(C)cc(C)nc2n1Cc1ccc(C=CCN2CCN(C(C)C)C(CC)C2)cc1. The second-order valence-electron chi connectivity index (χ2n) is 10.0. The highest BCUT2D eigenvalue weighted by atomic mass is 15.3. The van der Waals surface area contributed by atoms with E-state index in [9.17, 15) is 0 Å². The van der Waals surface area contributed by atoms with Crippen LogP contribution in [0.15, 0.2) is 36.4 Å². The molecule has 0 spiro atoms. The molecule has 1 aliphatic heterocycles. The molecule has 0 bridgehead atoms. The molecule has 5 nitrogen and oxygen atoms in total. The zero-order valence-electron chi connectivity index (χ0n) is 21.9. The van der Waals surface area contributed by atoms with E-state index in [4.69, 9.17) is 9.97 Å². The van der Waals surface area contributed by atoms with Gasteiger partial charge in [-0.15, -0.1) is 0 Å². The molecule has 3 aromatic rings. The number of rotatable bonds is 8. The van der Waals surface area contributed by atoms with Crippen LogP contribution in [0.25, 0.3) is 17.2 Å². The van der Waals surface area contributed by atoms with Gasteiger partial charge in [0.15, 0.2) is 5.65 Å². The number of aromatic nitrogens is 3. The van der Waals surface area contributed by atoms with Gasteiger partial charge in [0.2, 0.25) is 0 Å². The van der Waals surface area contributed by atoms with Crippen molar-refractivity contribution >= 4 is 17.2 Å². The largest absolute Gasteiger partial charge is 0.308 e. The van der Waals surface area contributed by atoms with Crippen molar-refractivity contribution in [3.05, 3.63) is 64.6 Å². The van der Waals surface area contributed by atoms with Crippen molar-refractivity contribution in [3.8, 4) is 0 Å². The number of piperazine rings is 1. The van der Waals surface area contributed by atoms with Crippen LogP contribution in [-0.4, -0.2) is 62.6 Å². The van der Waals surface area contributed by atoms with Crippen LogP contribution in [0, 0.1) is 13.8 Å². The maximum Gasteiger partial charge on any atom is 0.160 e. The van der Waals surface area contributed by atoms with Gasteiger partial charge in [0.25, 0.3) is 0 Å². The Morgan fingerprint density at radius 1 is 1.06 bits per heavy atom. The van der Waals surface area contributed by atoms with Gasteiger partial charge in [0.05, 0.1) is 6.54 Å². The average molecular weight is 460 g/mol. The standard InChI is InChI=1S/C29H41N5/c1-7-26-20-32(16-17-33(26)21(3)4)15-9-10-24-11-13-25(14-12-24)19-34-27(8-2)31-28-22(5)18-23(6)30-29(28)34/h9-14,18,21,26H,7-8,15-17,19-20H2,1-6H3. The lowest BCUT2D eigenvalue weighted by atomic mass is 10.1. The normalized spacial score (nSPS) is 18.0. The van der Waals surface area contributed by atoms with Gasteiger partial charge < -0.3 is 4.57 Å². The number of hydrogen-bond donors (Lipinski definition) is 0. The lowest BCUT2D eigenvalue weighted by Crippen LogP contribution is -2.55. The van der Waals surface area contributed by atoms with E-state index < -0.39 is 0 Å². The van der Waals surface area contributed by atoms with Crippen molar-refractivity contribution in [2.24, 2.45) is 0 Å². The Labute approximate surface area is 205 Å². The zero-order valence-corrected chi connectivity index (χ0v) is 21.9. The summed E-state index contributed by atoms with van der Waals surface area (Å²) in [5, 5.41) is 0. The van der Waals surface area contributed by atoms with Gasteiger partial charge in [-0.3, -0.25) is 9.80 Å². The van der Waals surface area contributed by atoms with Crippen LogP contribution in [0.2, 0.25) is 0 Å². The molecule has 0 saturated carbocycles. The van der Waals surface area contributed by atoms with Crippen molar-refractivity contribution in [3.63, 3.8) is 0 Å². The molecule has 1 unspecified atom stereocenters. The van der Waals surface area contributed by atoms with E-state index in [0.29, 0.717) is 12.1 Å². The molecule has 1 saturated heterocycles. The third-order valence-corrected chi connectivity index (χ3v) is 7.16. The van der Waals surface area contributed by atoms with Gasteiger partial charge in [-0.05, 0) is 56.9 Å². The molecule has 2 aromatic heterocycles. The number of pyridine rings is 1. The Morgan fingerprint density at radius 2 is 1.82 bits per heavy atom. The minimum Gasteiger partial charge on any atom is -0.308 e.